The first-order valence-electron chi connectivity index (χ1n) is 6.79. The van der Waals surface area contributed by atoms with Crippen molar-refractivity contribution in [3.8, 4) is 17.1 Å². The van der Waals surface area contributed by atoms with Gasteiger partial charge in [0.05, 0.1) is 18.5 Å². The Balaban J connectivity index is 2.29. The molecular formula is C16H15N3O3. The molecule has 6 nitrogen and oxygen atoms in total. The Bertz CT molecular complexity index is 819. The van der Waals surface area contributed by atoms with Crippen LogP contribution < -0.4 is 0 Å². The van der Waals surface area contributed by atoms with Crippen LogP contribution in [0.1, 0.15) is 21.8 Å². The summed E-state index contributed by atoms with van der Waals surface area (Å²) in [5.74, 6) is 0.208. The quantitative estimate of drug-likeness (QED) is 0.695. The summed E-state index contributed by atoms with van der Waals surface area (Å²) in [6, 6.07) is 11.3. The second-order valence-electron chi connectivity index (χ2n) is 4.87. The molecule has 6 heteroatoms. The van der Waals surface area contributed by atoms with Crippen molar-refractivity contribution in [2.24, 2.45) is 0 Å². The topological polar surface area (TPSA) is 70.2 Å². The molecule has 2 heterocycles. The van der Waals surface area contributed by atoms with E-state index in [4.69, 9.17) is 9.26 Å². The summed E-state index contributed by atoms with van der Waals surface area (Å²) in [6.45, 7) is 3.56. The van der Waals surface area contributed by atoms with E-state index >= 15 is 0 Å². The smallest absolute Gasteiger partial charge is 0.342 e. The molecule has 112 valence electrons. The zero-order valence-electron chi connectivity index (χ0n) is 12.5. The predicted molar refractivity (Wildman–Crippen MR) is 79.9 cm³/mol. The van der Waals surface area contributed by atoms with Gasteiger partial charge in [-0.2, -0.15) is 5.10 Å². The van der Waals surface area contributed by atoms with Crippen LogP contribution in [0.5, 0.6) is 0 Å². The molecular weight excluding hydrogens is 282 g/mol. The van der Waals surface area contributed by atoms with Gasteiger partial charge in [-0.1, -0.05) is 23.4 Å². The zero-order chi connectivity index (χ0) is 15.7. The number of carbonyl (C=O) groups excluding carboxylic acids is 1. The highest BCUT2D eigenvalue weighted by Crippen LogP contribution is 2.29. The molecule has 0 radical (unpaired) electrons. The average molecular weight is 297 g/mol. The number of benzene rings is 1. The Labute approximate surface area is 127 Å². The number of methoxy groups -OCH3 is 1. The van der Waals surface area contributed by atoms with E-state index in [1.165, 1.54) is 7.11 Å². The maximum absolute atomic E-state index is 12.1. The first-order valence-corrected chi connectivity index (χ1v) is 6.79. The van der Waals surface area contributed by atoms with E-state index in [-0.39, 0.29) is 0 Å². The second-order valence-corrected chi connectivity index (χ2v) is 4.87. The Hall–Kier alpha value is -2.89. The standard InChI is InChI=1S/C16H15N3O3/c1-10-9-13(18-22-10)15-14(16(20)21-3)11(2)17-19(15)12-7-5-4-6-8-12/h4-9H,1-3H3. The summed E-state index contributed by atoms with van der Waals surface area (Å²) in [7, 11) is 1.35. The number of carbonyl (C=O) groups is 1. The van der Waals surface area contributed by atoms with E-state index in [1.807, 2.05) is 30.3 Å². The number of ether oxygens (including phenoxy) is 1. The minimum Gasteiger partial charge on any atom is -0.465 e. The Morgan fingerprint density at radius 3 is 2.55 bits per heavy atom. The Kier molecular flexibility index (Phi) is 3.50. The number of hydrogen-bond donors (Lipinski definition) is 0. The molecule has 22 heavy (non-hydrogen) atoms. The van der Waals surface area contributed by atoms with Crippen LogP contribution in [0.3, 0.4) is 0 Å². The van der Waals surface area contributed by atoms with Crippen molar-refractivity contribution in [2.75, 3.05) is 7.11 Å². The third-order valence-corrected chi connectivity index (χ3v) is 3.32. The molecule has 0 fully saturated rings. The van der Waals surface area contributed by atoms with E-state index in [9.17, 15) is 4.79 Å². The minimum absolute atomic E-state index is 0.389. The lowest BCUT2D eigenvalue weighted by atomic mass is 10.1. The molecule has 0 bridgehead atoms. The van der Waals surface area contributed by atoms with Crippen LogP contribution in [-0.4, -0.2) is 28.0 Å². The molecule has 0 saturated carbocycles. The predicted octanol–water partition coefficient (Wildman–Crippen LogP) is 2.93. The molecule has 2 aromatic heterocycles. The van der Waals surface area contributed by atoms with Gasteiger partial charge in [-0.3, -0.25) is 0 Å². The fourth-order valence-electron chi connectivity index (χ4n) is 2.34. The largest absolute Gasteiger partial charge is 0.465 e. The number of hydrogen-bond acceptors (Lipinski definition) is 5. The Morgan fingerprint density at radius 1 is 1.23 bits per heavy atom. The van der Waals surface area contributed by atoms with Crippen molar-refractivity contribution in [3.63, 3.8) is 0 Å². The van der Waals surface area contributed by atoms with Crippen molar-refractivity contribution < 1.29 is 14.1 Å². The fourth-order valence-corrected chi connectivity index (χ4v) is 2.34. The van der Waals surface area contributed by atoms with Gasteiger partial charge in [0, 0.05) is 6.07 Å². The van der Waals surface area contributed by atoms with Crippen LogP contribution in [-0.2, 0) is 4.74 Å². The lowest BCUT2D eigenvalue weighted by Gasteiger charge is -2.06. The normalized spacial score (nSPS) is 10.7. The van der Waals surface area contributed by atoms with Gasteiger partial charge in [0.15, 0.2) is 0 Å². The van der Waals surface area contributed by atoms with Crippen molar-refractivity contribution >= 4 is 5.97 Å². The third-order valence-electron chi connectivity index (χ3n) is 3.32. The van der Waals surface area contributed by atoms with Gasteiger partial charge in [-0.25, -0.2) is 9.48 Å². The van der Waals surface area contributed by atoms with Gasteiger partial charge in [0.25, 0.3) is 0 Å². The molecule has 0 spiro atoms. The zero-order valence-corrected chi connectivity index (χ0v) is 12.5. The maximum atomic E-state index is 12.1. The monoisotopic (exact) mass is 297 g/mol. The molecule has 0 N–H and O–H groups in total. The molecule has 0 aliphatic carbocycles. The summed E-state index contributed by atoms with van der Waals surface area (Å²) in [5, 5.41) is 8.49. The maximum Gasteiger partial charge on any atom is 0.342 e. The highest BCUT2D eigenvalue weighted by molar-refractivity contribution is 5.97. The van der Waals surface area contributed by atoms with Crippen molar-refractivity contribution in [2.45, 2.75) is 13.8 Å². The lowest BCUT2D eigenvalue weighted by Crippen LogP contribution is -2.05. The van der Waals surface area contributed by atoms with Crippen LogP contribution in [0.15, 0.2) is 40.9 Å². The van der Waals surface area contributed by atoms with Gasteiger partial charge in [0.1, 0.15) is 22.7 Å². The van der Waals surface area contributed by atoms with Gasteiger partial charge < -0.3 is 9.26 Å². The molecule has 1 aromatic carbocycles. The van der Waals surface area contributed by atoms with E-state index in [0.717, 1.165) is 5.69 Å². The molecule has 0 unspecified atom stereocenters. The number of aryl methyl sites for hydroxylation is 2. The van der Waals surface area contributed by atoms with Crippen LogP contribution in [0.2, 0.25) is 0 Å². The van der Waals surface area contributed by atoms with Gasteiger partial charge in [-0.05, 0) is 26.0 Å². The van der Waals surface area contributed by atoms with Crippen molar-refractivity contribution in [3.05, 3.63) is 53.4 Å². The van der Waals surface area contributed by atoms with Crippen molar-refractivity contribution in [1.82, 2.24) is 14.9 Å². The number of rotatable bonds is 3. The molecule has 0 aliphatic heterocycles. The lowest BCUT2D eigenvalue weighted by molar-refractivity contribution is 0.0601. The van der Waals surface area contributed by atoms with Gasteiger partial charge in [0.2, 0.25) is 0 Å². The second kappa shape index (κ2) is 5.48. The van der Waals surface area contributed by atoms with Crippen LogP contribution >= 0.6 is 0 Å². The Morgan fingerprint density at radius 2 is 1.95 bits per heavy atom. The van der Waals surface area contributed by atoms with Crippen molar-refractivity contribution in [1.29, 1.82) is 0 Å². The fraction of sp³-hybridized carbons (Fsp3) is 0.188. The van der Waals surface area contributed by atoms with E-state index in [0.29, 0.717) is 28.4 Å². The molecule has 0 saturated heterocycles. The summed E-state index contributed by atoms with van der Waals surface area (Å²) in [5.41, 5.74) is 2.90. The first kappa shape index (κ1) is 14.1. The van der Waals surface area contributed by atoms with E-state index in [1.54, 1.807) is 24.6 Å². The number of aromatic nitrogens is 3. The van der Waals surface area contributed by atoms with Gasteiger partial charge in [-0.15, -0.1) is 0 Å². The van der Waals surface area contributed by atoms with Crippen LogP contribution in [0, 0.1) is 13.8 Å². The molecule has 3 aromatic rings. The first-order chi connectivity index (χ1) is 10.6. The van der Waals surface area contributed by atoms with Crippen LogP contribution in [0.25, 0.3) is 17.1 Å². The summed E-state index contributed by atoms with van der Waals surface area (Å²) < 4.78 is 11.7. The molecule has 0 atom stereocenters. The minimum atomic E-state index is -0.449. The number of esters is 1. The summed E-state index contributed by atoms with van der Waals surface area (Å²) >= 11 is 0. The third kappa shape index (κ3) is 2.28. The van der Waals surface area contributed by atoms with E-state index in [2.05, 4.69) is 10.3 Å². The SMILES string of the molecule is COC(=O)c1c(C)nn(-c2ccccc2)c1-c1cc(C)on1. The van der Waals surface area contributed by atoms with E-state index < -0.39 is 5.97 Å². The van der Waals surface area contributed by atoms with Gasteiger partial charge >= 0.3 is 5.97 Å². The van der Waals surface area contributed by atoms with Crippen LogP contribution in [0.4, 0.5) is 0 Å². The summed E-state index contributed by atoms with van der Waals surface area (Å²) in [6.07, 6.45) is 0. The molecule has 3 rings (SSSR count). The average Bonchev–Trinajstić information content (AvgIpc) is 3.10. The highest BCUT2D eigenvalue weighted by atomic mass is 16.5. The molecule has 0 amide bonds. The highest BCUT2D eigenvalue weighted by Gasteiger charge is 2.26. The summed E-state index contributed by atoms with van der Waals surface area (Å²) in [4.78, 5) is 12.1. The number of para-hydroxylation sites is 1. The molecule has 0 aliphatic rings. The number of nitrogens with zero attached hydrogens (tertiary/aromatic N) is 3.